The number of rotatable bonds is 5. The molecule has 1 aliphatic heterocycles. The number of nitrogens with zero attached hydrogens (tertiary/aromatic N) is 3. The van der Waals surface area contributed by atoms with Crippen molar-refractivity contribution in [2.45, 2.75) is 19.0 Å². The molecule has 25 heavy (non-hydrogen) atoms. The molecular weight excluding hydrogens is 314 g/mol. The third kappa shape index (κ3) is 3.97. The van der Waals surface area contributed by atoms with Gasteiger partial charge < -0.3 is 16.4 Å². The lowest BCUT2D eigenvalue weighted by Crippen LogP contribution is -2.31. The van der Waals surface area contributed by atoms with Crippen molar-refractivity contribution in [3.8, 4) is 11.1 Å². The summed E-state index contributed by atoms with van der Waals surface area (Å²) in [7, 11) is 4.29. The lowest BCUT2D eigenvalue weighted by Gasteiger charge is -2.20. The number of aromatic nitrogens is 1. The normalized spacial score (nSPS) is 18.0. The first-order valence-electron chi connectivity index (χ1n) is 8.47. The van der Waals surface area contributed by atoms with E-state index in [1.807, 2.05) is 12.1 Å². The van der Waals surface area contributed by atoms with Gasteiger partial charge >= 0.3 is 0 Å². The number of carbonyl (C=O) groups excluding carboxylic acids is 1. The van der Waals surface area contributed by atoms with E-state index in [1.54, 1.807) is 12.3 Å². The Bertz CT molecular complexity index is 757. The van der Waals surface area contributed by atoms with Gasteiger partial charge in [-0.25, -0.2) is 4.98 Å². The van der Waals surface area contributed by atoms with E-state index in [1.165, 1.54) is 12.0 Å². The zero-order valence-electron chi connectivity index (χ0n) is 14.8. The zero-order chi connectivity index (χ0) is 18.0. The number of primary amides is 1. The summed E-state index contributed by atoms with van der Waals surface area (Å²) in [5.41, 5.74) is 14.4. The molecule has 1 saturated heterocycles. The number of anilines is 1. The van der Waals surface area contributed by atoms with Crippen LogP contribution in [-0.4, -0.2) is 53.9 Å². The summed E-state index contributed by atoms with van der Waals surface area (Å²) in [6.07, 6.45) is 2.89. The predicted molar refractivity (Wildman–Crippen MR) is 100.0 cm³/mol. The molecular formula is C19H25N5O. The van der Waals surface area contributed by atoms with Crippen LogP contribution in [0.2, 0.25) is 0 Å². The van der Waals surface area contributed by atoms with E-state index in [0.29, 0.717) is 6.04 Å². The van der Waals surface area contributed by atoms with Crippen LogP contribution in [-0.2, 0) is 6.54 Å². The van der Waals surface area contributed by atoms with Crippen LogP contribution in [0.1, 0.15) is 22.3 Å². The van der Waals surface area contributed by atoms with E-state index in [2.05, 4.69) is 41.0 Å². The third-order valence-corrected chi connectivity index (χ3v) is 4.86. The van der Waals surface area contributed by atoms with Crippen LogP contribution in [0.25, 0.3) is 11.1 Å². The van der Waals surface area contributed by atoms with Gasteiger partial charge in [-0.2, -0.15) is 0 Å². The average Bonchev–Trinajstić information content (AvgIpc) is 3.05. The monoisotopic (exact) mass is 339 g/mol. The Morgan fingerprint density at radius 3 is 2.60 bits per heavy atom. The molecule has 132 valence electrons. The fourth-order valence-corrected chi connectivity index (χ4v) is 3.27. The van der Waals surface area contributed by atoms with Gasteiger partial charge in [0.1, 0.15) is 5.82 Å². The minimum atomic E-state index is -0.562. The zero-order valence-corrected chi connectivity index (χ0v) is 14.8. The molecule has 2 heterocycles. The second-order valence-corrected chi connectivity index (χ2v) is 6.86. The number of benzene rings is 1. The minimum absolute atomic E-state index is 0.164. The summed E-state index contributed by atoms with van der Waals surface area (Å²) in [6.45, 7) is 3.20. The number of hydrogen-bond donors (Lipinski definition) is 2. The van der Waals surface area contributed by atoms with Crippen molar-refractivity contribution in [1.82, 2.24) is 14.8 Å². The molecule has 1 aromatic heterocycles. The van der Waals surface area contributed by atoms with Crippen molar-refractivity contribution >= 4 is 11.7 Å². The van der Waals surface area contributed by atoms with E-state index in [-0.39, 0.29) is 11.4 Å². The highest BCUT2D eigenvalue weighted by Gasteiger charge is 2.23. The number of hydrogen-bond acceptors (Lipinski definition) is 5. The van der Waals surface area contributed by atoms with E-state index >= 15 is 0 Å². The topological polar surface area (TPSA) is 88.5 Å². The van der Waals surface area contributed by atoms with Gasteiger partial charge in [0.05, 0.1) is 5.56 Å². The Kier molecular flexibility index (Phi) is 5.01. The molecule has 1 aliphatic rings. The standard InChI is InChI=1S/C19H25N5O/c1-23(2)16-7-8-24(12-16)11-13-3-5-14(6-4-13)15-9-17(19(21)25)18(20)22-10-15/h3-6,9-10,16H,7-8,11-12H2,1-2H3,(H2,20,22)(H2,21,25)/t16-/m0/s1. The number of pyridine rings is 1. The lowest BCUT2D eigenvalue weighted by molar-refractivity contribution is 0.100. The molecule has 0 spiro atoms. The van der Waals surface area contributed by atoms with Crippen LogP contribution in [0.5, 0.6) is 0 Å². The molecule has 0 radical (unpaired) electrons. The largest absolute Gasteiger partial charge is 0.383 e. The minimum Gasteiger partial charge on any atom is -0.383 e. The molecule has 0 aliphatic carbocycles. The molecule has 1 aromatic carbocycles. The molecule has 1 amide bonds. The summed E-state index contributed by atoms with van der Waals surface area (Å²) in [5, 5.41) is 0. The van der Waals surface area contributed by atoms with Crippen LogP contribution < -0.4 is 11.5 Å². The molecule has 0 bridgehead atoms. The van der Waals surface area contributed by atoms with Crippen LogP contribution >= 0.6 is 0 Å². The van der Waals surface area contributed by atoms with Crippen molar-refractivity contribution in [3.05, 3.63) is 47.7 Å². The van der Waals surface area contributed by atoms with Gasteiger partial charge in [0, 0.05) is 37.4 Å². The Balaban J connectivity index is 1.71. The molecule has 2 aromatic rings. The van der Waals surface area contributed by atoms with E-state index in [4.69, 9.17) is 11.5 Å². The summed E-state index contributed by atoms with van der Waals surface area (Å²) in [4.78, 5) is 20.3. The van der Waals surface area contributed by atoms with Crippen molar-refractivity contribution < 1.29 is 4.79 Å². The molecule has 6 nitrogen and oxygen atoms in total. The molecule has 0 saturated carbocycles. The summed E-state index contributed by atoms with van der Waals surface area (Å²) >= 11 is 0. The smallest absolute Gasteiger partial charge is 0.252 e. The summed E-state index contributed by atoms with van der Waals surface area (Å²) < 4.78 is 0. The highest BCUT2D eigenvalue weighted by molar-refractivity contribution is 5.98. The first-order chi connectivity index (χ1) is 11.9. The highest BCUT2D eigenvalue weighted by Crippen LogP contribution is 2.23. The fourth-order valence-electron chi connectivity index (χ4n) is 3.27. The molecule has 3 rings (SSSR count). The predicted octanol–water partition coefficient (Wildman–Crippen LogP) is 1.57. The van der Waals surface area contributed by atoms with Crippen LogP contribution in [0.15, 0.2) is 36.5 Å². The number of nitrogens with two attached hydrogens (primary N) is 2. The second kappa shape index (κ2) is 7.21. The maximum Gasteiger partial charge on any atom is 0.252 e. The lowest BCUT2D eigenvalue weighted by atomic mass is 10.0. The van der Waals surface area contributed by atoms with Gasteiger partial charge in [0.15, 0.2) is 0 Å². The van der Waals surface area contributed by atoms with Crippen LogP contribution in [0.4, 0.5) is 5.82 Å². The number of carbonyl (C=O) groups is 1. The van der Waals surface area contributed by atoms with Crippen molar-refractivity contribution in [2.75, 3.05) is 32.9 Å². The van der Waals surface area contributed by atoms with Gasteiger partial charge in [-0.3, -0.25) is 9.69 Å². The molecule has 0 unspecified atom stereocenters. The number of nitrogen functional groups attached to an aromatic ring is 1. The van der Waals surface area contributed by atoms with E-state index in [0.717, 1.165) is 30.8 Å². The first-order valence-corrected chi connectivity index (χ1v) is 8.47. The third-order valence-electron chi connectivity index (χ3n) is 4.86. The number of likely N-dealkylation sites (tertiary alicyclic amines) is 1. The van der Waals surface area contributed by atoms with Gasteiger partial charge in [-0.1, -0.05) is 24.3 Å². The first kappa shape index (κ1) is 17.4. The Hall–Kier alpha value is -2.44. The quantitative estimate of drug-likeness (QED) is 0.863. The van der Waals surface area contributed by atoms with Gasteiger partial charge in [0.25, 0.3) is 5.91 Å². The second-order valence-electron chi connectivity index (χ2n) is 6.86. The summed E-state index contributed by atoms with van der Waals surface area (Å²) in [5.74, 6) is -0.398. The maximum atomic E-state index is 11.4. The van der Waals surface area contributed by atoms with Gasteiger partial charge in [-0.05, 0) is 37.7 Å². The molecule has 1 atom stereocenters. The van der Waals surface area contributed by atoms with Crippen LogP contribution in [0.3, 0.4) is 0 Å². The van der Waals surface area contributed by atoms with Gasteiger partial charge in [-0.15, -0.1) is 0 Å². The fraction of sp³-hybridized carbons (Fsp3) is 0.368. The number of likely N-dealkylation sites (N-methyl/N-ethyl adjacent to an activating group) is 1. The van der Waals surface area contributed by atoms with Crippen molar-refractivity contribution in [2.24, 2.45) is 5.73 Å². The van der Waals surface area contributed by atoms with Crippen molar-refractivity contribution in [3.63, 3.8) is 0 Å². The average molecular weight is 339 g/mol. The molecule has 4 N–H and O–H groups in total. The SMILES string of the molecule is CN(C)[C@H]1CCN(Cc2ccc(-c3cnc(N)c(C(N)=O)c3)cc2)C1. The van der Waals surface area contributed by atoms with E-state index < -0.39 is 5.91 Å². The van der Waals surface area contributed by atoms with Crippen molar-refractivity contribution in [1.29, 1.82) is 0 Å². The Morgan fingerprint density at radius 2 is 2.00 bits per heavy atom. The molecule has 6 heteroatoms. The maximum absolute atomic E-state index is 11.4. The molecule has 1 fully saturated rings. The number of amides is 1. The van der Waals surface area contributed by atoms with Gasteiger partial charge in [0.2, 0.25) is 0 Å². The Morgan fingerprint density at radius 1 is 1.28 bits per heavy atom. The Labute approximate surface area is 148 Å². The summed E-state index contributed by atoms with van der Waals surface area (Å²) in [6, 6.07) is 10.7. The van der Waals surface area contributed by atoms with E-state index in [9.17, 15) is 4.79 Å². The highest BCUT2D eigenvalue weighted by atomic mass is 16.1. The van der Waals surface area contributed by atoms with Crippen LogP contribution in [0, 0.1) is 0 Å².